The van der Waals surface area contributed by atoms with E-state index in [1.807, 2.05) is 7.05 Å². The summed E-state index contributed by atoms with van der Waals surface area (Å²) >= 11 is 11.9. The highest BCUT2D eigenvalue weighted by Gasteiger charge is 2.24. The van der Waals surface area contributed by atoms with Gasteiger partial charge in [0.25, 0.3) is 0 Å². The first-order valence-electron chi connectivity index (χ1n) is 8.02. The fourth-order valence-electron chi connectivity index (χ4n) is 2.72. The third-order valence-electron chi connectivity index (χ3n) is 4.22. The normalized spacial score (nSPS) is 17.0. The van der Waals surface area contributed by atoms with Crippen molar-refractivity contribution in [2.75, 3.05) is 32.9 Å². The van der Waals surface area contributed by atoms with Crippen LogP contribution in [0.5, 0.6) is 0 Å². The van der Waals surface area contributed by atoms with Crippen molar-refractivity contribution in [3.63, 3.8) is 0 Å². The first kappa shape index (κ1) is 20.5. The number of nitrogens with zero attached hydrogens (tertiary/aromatic N) is 2. The van der Waals surface area contributed by atoms with Crippen LogP contribution in [0.4, 0.5) is 0 Å². The fourth-order valence-corrected chi connectivity index (χ4v) is 3.77. The van der Waals surface area contributed by atoms with Crippen molar-refractivity contribution in [2.24, 2.45) is 0 Å². The van der Waals surface area contributed by atoms with E-state index in [9.17, 15) is 13.2 Å². The maximum atomic E-state index is 12.3. The molecule has 1 aliphatic heterocycles. The molecule has 140 valence electrons. The molecule has 0 aromatic heterocycles. The molecule has 1 saturated heterocycles. The highest BCUT2D eigenvalue weighted by Crippen LogP contribution is 2.23. The molecule has 1 amide bonds. The average molecular weight is 408 g/mol. The summed E-state index contributed by atoms with van der Waals surface area (Å²) in [6.07, 6.45) is 2.83. The first-order valence-corrected chi connectivity index (χ1v) is 10.6. The van der Waals surface area contributed by atoms with Gasteiger partial charge in [-0.2, -0.15) is 4.31 Å². The Hall–Kier alpha value is -0.860. The summed E-state index contributed by atoms with van der Waals surface area (Å²) in [7, 11) is -1.50. The number of nitrogens with one attached hydrogen (secondary N) is 1. The van der Waals surface area contributed by atoms with E-state index in [0.717, 1.165) is 36.5 Å². The largest absolute Gasteiger partial charge is 0.352 e. The van der Waals surface area contributed by atoms with Gasteiger partial charge in [-0.25, -0.2) is 8.42 Å². The Labute approximate surface area is 159 Å². The predicted octanol–water partition coefficient (Wildman–Crippen LogP) is 1.97. The van der Waals surface area contributed by atoms with Crippen LogP contribution in [-0.2, 0) is 21.4 Å². The Kier molecular flexibility index (Phi) is 7.10. The number of hydrogen-bond donors (Lipinski definition) is 1. The second-order valence-corrected chi connectivity index (χ2v) is 9.22. The smallest absolute Gasteiger partial charge is 0.235 e. The number of carbonyl (C=O) groups is 1. The summed E-state index contributed by atoms with van der Waals surface area (Å²) in [6.45, 7) is 1.69. The van der Waals surface area contributed by atoms with E-state index < -0.39 is 10.0 Å². The number of rotatable bonds is 6. The van der Waals surface area contributed by atoms with E-state index in [-0.39, 0.29) is 25.0 Å². The standard InChI is InChI=1S/C16H23Cl2N3O3S/c1-20-7-5-13(6-8-20)19-16(22)11-21(25(2,23)24)10-12-3-4-14(17)15(18)9-12/h3-4,9,13H,5-8,10-11H2,1-2H3,(H,19,22). The van der Waals surface area contributed by atoms with E-state index in [2.05, 4.69) is 10.2 Å². The molecule has 2 rings (SSSR count). The summed E-state index contributed by atoms with van der Waals surface area (Å²) in [5.41, 5.74) is 0.673. The highest BCUT2D eigenvalue weighted by molar-refractivity contribution is 7.88. The van der Waals surface area contributed by atoms with Crippen LogP contribution < -0.4 is 5.32 Å². The van der Waals surface area contributed by atoms with Crippen LogP contribution >= 0.6 is 23.2 Å². The lowest BCUT2D eigenvalue weighted by Crippen LogP contribution is -2.47. The molecule has 6 nitrogen and oxygen atoms in total. The second kappa shape index (κ2) is 8.68. The Morgan fingerprint density at radius 3 is 2.48 bits per heavy atom. The summed E-state index contributed by atoms with van der Waals surface area (Å²) < 4.78 is 25.2. The lowest BCUT2D eigenvalue weighted by Gasteiger charge is -2.30. The van der Waals surface area contributed by atoms with Crippen LogP contribution in [0, 0.1) is 0 Å². The first-order chi connectivity index (χ1) is 11.6. The Balaban J connectivity index is 2.00. The Bertz CT molecular complexity index is 719. The molecule has 1 aromatic rings. The van der Waals surface area contributed by atoms with Crippen molar-refractivity contribution in [1.82, 2.24) is 14.5 Å². The minimum atomic E-state index is -3.54. The number of piperidine rings is 1. The Morgan fingerprint density at radius 1 is 1.28 bits per heavy atom. The fraction of sp³-hybridized carbons (Fsp3) is 0.562. The maximum Gasteiger partial charge on any atom is 0.235 e. The Morgan fingerprint density at radius 2 is 1.92 bits per heavy atom. The molecule has 0 radical (unpaired) electrons. The molecule has 1 N–H and O–H groups in total. The van der Waals surface area contributed by atoms with Crippen molar-refractivity contribution < 1.29 is 13.2 Å². The lowest BCUT2D eigenvalue weighted by molar-refractivity contribution is -0.122. The lowest BCUT2D eigenvalue weighted by atomic mass is 10.1. The molecule has 1 fully saturated rings. The predicted molar refractivity (Wildman–Crippen MR) is 100 cm³/mol. The molecule has 1 aromatic carbocycles. The van der Waals surface area contributed by atoms with Gasteiger partial charge < -0.3 is 10.2 Å². The quantitative estimate of drug-likeness (QED) is 0.782. The van der Waals surface area contributed by atoms with Gasteiger partial charge in [0, 0.05) is 12.6 Å². The molecule has 1 heterocycles. The summed E-state index contributed by atoms with van der Waals surface area (Å²) in [5, 5.41) is 3.68. The molecule has 25 heavy (non-hydrogen) atoms. The molecule has 0 bridgehead atoms. The van der Waals surface area contributed by atoms with E-state index in [4.69, 9.17) is 23.2 Å². The molecule has 0 atom stereocenters. The second-order valence-electron chi connectivity index (χ2n) is 6.42. The zero-order chi connectivity index (χ0) is 18.6. The van der Waals surface area contributed by atoms with E-state index >= 15 is 0 Å². The highest BCUT2D eigenvalue weighted by atomic mass is 35.5. The van der Waals surface area contributed by atoms with Gasteiger partial charge in [0.05, 0.1) is 22.8 Å². The van der Waals surface area contributed by atoms with E-state index in [1.54, 1.807) is 18.2 Å². The van der Waals surface area contributed by atoms with Gasteiger partial charge >= 0.3 is 0 Å². The van der Waals surface area contributed by atoms with Crippen LogP contribution in [0.25, 0.3) is 0 Å². The van der Waals surface area contributed by atoms with Crippen molar-refractivity contribution in [2.45, 2.75) is 25.4 Å². The third-order valence-corrected chi connectivity index (χ3v) is 6.15. The molecule has 9 heteroatoms. The van der Waals surface area contributed by atoms with E-state index in [0.29, 0.717) is 15.6 Å². The number of halogens is 2. The summed E-state index contributed by atoms with van der Waals surface area (Å²) in [6, 6.07) is 5.01. The van der Waals surface area contributed by atoms with Gasteiger partial charge in [0.2, 0.25) is 15.9 Å². The van der Waals surface area contributed by atoms with E-state index in [1.165, 1.54) is 0 Å². The molecule has 0 spiro atoms. The van der Waals surface area contributed by atoms with Crippen molar-refractivity contribution in [3.8, 4) is 0 Å². The number of hydrogen-bond acceptors (Lipinski definition) is 4. The molecular weight excluding hydrogens is 385 g/mol. The third kappa shape index (κ3) is 6.42. The van der Waals surface area contributed by atoms with Crippen LogP contribution in [0.2, 0.25) is 10.0 Å². The minimum absolute atomic E-state index is 0.0660. The number of amides is 1. The van der Waals surface area contributed by atoms with Crippen molar-refractivity contribution in [1.29, 1.82) is 0 Å². The van der Waals surface area contributed by atoms with Crippen LogP contribution in [0.1, 0.15) is 18.4 Å². The molecule has 0 aliphatic carbocycles. The van der Waals surface area contributed by atoms with Crippen molar-refractivity contribution in [3.05, 3.63) is 33.8 Å². The van der Waals surface area contributed by atoms with Gasteiger partial charge in [0.1, 0.15) is 0 Å². The zero-order valence-corrected chi connectivity index (χ0v) is 16.7. The van der Waals surface area contributed by atoms with Crippen LogP contribution in [0.3, 0.4) is 0 Å². The topological polar surface area (TPSA) is 69.7 Å². The zero-order valence-electron chi connectivity index (χ0n) is 14.3. The number of sulfonamides is 1. The maximum absolute atomic E-state index is 12.3. The molecule has 1 aliphatic rings. The monoisotopic (exact) mass is 407 g/mol. The van der Waals surface area contributed by atoms with Crippen LogP contribution in [0.15, 0.2) is 18.2 Å². The number of likely N-dealkylation sites (tertiary alicyclic amines) is 1. The molecule has 0 unspecified atom stereocenters. The molecule has 0 saturated carbocycles. The van der Waals surface area contributed by atoms with Crippen molar-refractivity contribution >= 4 is 39.1 Å². The van der Waals surface area contributed by atoms with Crippen LogP contribution in [-0.4, -0.2) is 62.5 Å². The van der Waals surface area contributed by atoms with Gasteiger partial charge in [-0.3, -0.25) is 4.79 Å². The average Bonchev–Trinajstić information content (AvgIpc) is 2.51. The SMILES string of the molecule is CN1CCC(NC(=O)CN(Cc2ccc(Cl)c(Cl)c2)S(C)(=O)=O)CC1. The molecular formula is C16H23Cl2N3O3S. The number of carbonyl (C=O) groups excluding carboxylic acids is 1. The minimum Gasteiger partial charge on any atom is -0.352 e. The van der Waals surface area contributed by atoms with Gasteiger partial charge in [-0.1, -0.05) is 29.3 Å². The van der Waals surface area contributed by atoms with Gasteiger partial charge in [-0.05, 0) is 50.7 Å². The van der Waals surface area contributed by atoms with Gasteiger partial charge in [-0.15, -0.1) is 0 Å². The van der Waals surface area contributed by atoms with Gasteiger partial charge in [0.15, 0.2) is 0 Å². The summed E-state index contributed by atoms with van der Waals surface area (Å²) in [5.74, 6) is -0.292. The number of benzene rings is 1. The summed E-state index contributed by atoms with van der Waals surface area (Å²) in [4.78, 5) is 14.5.